The summed E-state index contributed by atoms with van der Waals surface area (Å²) in [6.45, 7) is 0. The number of hydrogen-bond donors (Lipinski definition) is 1. The Hall–Kier alpha value is -1.80. The van der Waals surface area contributed by atoms with Crippen molar-refractivity contribution in [1.29, 1.82) is 0 Å². The van der Waals surface area contributed by atoms with Crippen LogP contribution < -0.4 is 5.14 Å². The first kappa shape index (κ1) is 14.8. The quantitative estimate of drug-likeness (QED) is 0.915. The molecule has 2 aromatic rings. The fourth-order valence-electron chi connectivity index (χ4n) is 3.32. The molecule has 0 aliphatic heterocycles. The minimum absolute atomic E-state index is 0.0276. The Labute approximate surface area is 134 Å². The Morgan fingerprint density at radius 2 is 1.96 bits per heavy atom. The van der Waals surface area contributed by atoms with Crippen LogP contribution >= 0.6 is 0 Å². The summed E-state index contributed by atoms with van der Waals surface area (Å²) in [7, 11) is -3.70. The SMILES string of the molecule is NS(=O)(=O)c1ccc(C2CC2c2nc(C3CCCC3)no2)nc1. The number of nitrogens with zero attached hydrogens (tertiary/aromatic N) is 3. The highest BCUT2D eigenvalue weighted by molar-refractivity contribution is 7.89. The summed E-state index contributed by atoms with van der Waals surface area (Å²) in [5.74, 6) is 2.35. The molecule has 2 atom stereocenters. The first-order chi connectivity index (χ1) is 11.0. The topological polar surface area (TPSA) is 112 Å². The largest absolute Gasteiger partial charge is 0.339 e. The fourth-order valence-corrected chi connectivity index (χ4v) is 3.78. The molecular weight excluding hydrogens is 316 g/mol. The first-order valence-corrected chi connectivity index (χ1v) is 9.39. The second kappa shape index (κ2) is 5.38. The predicted octanol–water partition coefficient (Wildman–Crippen LogP) is 2.04. The molecule has 4 rings (SSSR count). The molecule has 2 saturated carbocycles. The molecule has 2 aliphatic rings. The zero-order chi connectivity index (χ0) is 16.0. The van der Waals surface area contributed by atoms with Crippen LogP contribution in [0.15, 0.2) is 27.7 Å². The Morgan fingerprint density at radius 1 is 1.17 bits per heavy atom. The molecule has 2 heterocycles. The van der Waals surface area contributed by atoms with Crippen LogP contribution in [-0.2, 0) is 10.0 Å². The summed E-state index contributed by atoms with van der Waals surface area (Å²) in [5, 5.41) is 9.21. The van der Waals surface area contributed by atoms with E-state index >= 15 is 0 Å². The number of primary sulfonamides is 1. The third kappa shape index (κ3) is 2.88. The van der Waals surface area contributed by atoms with Crippen LogP contribution in [0.4, 0.5) is 0 Å². The molecule has 122 valence electrons. The van der Waals surface area contributed by atoms with Crippen molar-refractivity contribution in [3.05, 3.63) is 35.7 Å². The van der Waals surface area contributed by atoms with E-state index in [0.717, 1.165) is 30.8 Å². The van der Waals surface area contributed by atoms with E-state index in [4.69, 9.17) is 9.66 Å². The van der Waals surface area contributed by atoms with Crippen LogP contribution in [0.25, 0.3) is 0 Å². The molecule has 2 fully saturated rings. The van der Waals surface area contributed by atoms with Gasteiger partial charge < -0.3 is 4.52 Å². The van der Waals surface area contributed by atoms with Gasteiger partial charge >= 0.3 is 0 Å². The maximum absolute atomic E-state index is 11.2. The number of nitrogens with two attached hydrogens (primary N) is 1. The van der Waals surface area contributed by atoms with E-state index in [1.165, 1.54) is 25.1 Å². The molecule has 2 aromatic heterocycles. The van der Waals surface area contributed by atoms with Gasteiger partial charge in [0.2, 0.25) is 15.9 Å². The lowest BCUT2D eigenvalue weighted by atomic mass is 10.1. The smallest absolute Gasteiger partial charge is 0.239 e. The van der Waals surface area contributed by atoms with E-state index in [2.05, 4.69) is 15.1 Å². The molecule has 0 amide bonds. The van der Waals surface area contributed by atoms with E-state index < -0.39 is 10.0 Å². The third-order valence-electron chi connectivity index (χ3n) is 4.75. The minimum Gasteiger partial charge on any atom is -0.339 e. The second-order valence-corrected chi connectivity index (χ2v) is 7.95. The van der Waals surface area contributed by atoms with Gasteiger partial charge in [0, 0.05) is 29.6 Å². The van der Waals surface area contributed by atoms with Crippen molar-refractivity contribution >= 4 is 10.0 Å². The summed E-state index contributed by atoms with van der Waals surface area (Å²) in [4.78, 5) is 8.81. The van der Waals surface area contributed by atoms with Crippen molar-refractivity contribution in [1.82, 2.24) is 15.1 Å². The van der Waals surface area contributed by atoms with Crippen molar-refractivity contribution in [3.63, 3.8) is 0 Å². The molecule has 2 N–H and O–H groups in total. The molecule has 0 aromatic carbocycles. The summed E-state index contributed by atoms with van der Waals surface area (Å²) >= 11 is 0. The summed E-state index contributed by atoms with van der Waals surface area (Å²) in [6.07, 6.45) is 6.96. The lowest BCUT2D eigenvalue weighted by Crippen LogP contribution is -2.12. The molecule has 0 spiro atoms. The molecule has 0 saturated heterocycles. The zero-order valence-corrected chi connectivity index (χ0v) is 13.4. The summed E-state index contributed by atoms with van der Waals surface area (Å²) in [6, 6.07) is 3.20. The average molecular weight is 334 g/mol. The maximum atomic E-state index is 11.2. The summed E-state index contributed by atoms with van der Waals surface area (Å²) < 4.78 is 27.9. The lowest BCUT2D eigenvalue weighted by molar-refractivity contribution is 0.369. The van der Waals surface area contributed by atoms with E-state index in [9.17, 15) is 8.42 Å². The van der Waals surface area contributed by atoms with Gasteiger partial charge in [-0.1, -0.05) is 18.0 Å². The highest BCUT2D eigenvalue weighted by atomic mass is 32.2. The Balaban J connectivity index is 1.47. The van der Waals surface area contributed by atoms with Gasteiger partial charge in [-0.25, -0.2) is 13.6 Å². The van der Waals surface area contributed by atoms with Crippen LogP contribution in [0, 0.1) is 0 Å². The Kier molecular flexibility index (Phi) is 3.46. The summed E-state index contributed by atoms with van der Waals surface area (Å²) in [5.41, 5.74) is 0.836. The third-order valence-corrected chi connectivity index (χ3v) is 5.65. The molecule has 7 nitrogen and oxygen atoms in total. The lowest BCUT2D eigenvalue weighted by Gasteiger charge is -2.00. The van der Waals surface area contributed by atoms with Gasteiger partial charge in [-0.2, -0.15) is 4.98 Å². The number of rotatable bonds is 4. The van der Waals surface area contributed by atoms with Gasteiger partial charge in [-0.15, -0.1) is 0 Å². The number of sulfonamides is 1. The van der Waals surface area contributed by atoms with Gasteiger partial charge in [-0.3, -0.25) is 4.98 Å². The van der Waals surface area contributed by atoms with E-state index in [1.54, 1.807) is 6.07 Å². The number of hydrogen-bond acceptors (Lipinski definition) is 6. The normalized spacial score (nSPS) is 24.9. The highest BCUT2D eigenvalue weighted by Gasteiger charge is 2.45. The minimum atomic E-state index is -3.70. The van der Waals surface area contributed by atoms with Gasteiger partial charge in [0.05, 0.1) is 0 Å². The maximum Gasteiger partial charge on any atom is 0.239 e. The van der Waals surface area contributed by atoms with Gasteiger partial charge in [0.15, 0.2) is 5.82 Å². The fraction of sp³-hybridized carbons (Fsp3) is 0.533. The van der Waals surface area contributed by atoms with E-state index in [-0.39, 0.29) is 16.7 Å². The Bertz CT molecular complexity index is 810. The average Bonchev–Trinajstić information content (AvgIpc) is 2.94. The highest BCUT2D eigenvalue weighted by Crippen LogP contribution is 2.53. The first-order valence-electron chi connectivity index (χ1n) is 7.84. The predicted molar refractivity (Wildman–Crippen MR) is 81.2 cm³/mol. The van der Waals surface area contributed by atoms with Crippen LogP contribution in [0.1, 0.15) is 67.3 Å². The standard InChI is InChI=1S/C15H18N4O3S/c16-23(20,21)10-5-6-13(17-8-10)11-7-12(11)15-18-14(19-22-15)9-3-1-2-4-9/h5-6,8-9,11-12H,1-4,7H2,(H2,16,20,21). The monoisotopic (exact) mass is 334 g/mol. The molecule has 0 bridgehead atoms. The van der Waals surface area contributed by atoms with Crippen LogP contribution in [-0.4, -0.2) is 23.5 Å². The van der Waals surface area contributed by atoms with Gasteiger partial charge in [0.1, 0.15) is 4.90 Å². The van der Waals surface area contributed by atoms with Crippen LogP contribution in [0.3, 0.4) is 0 Å². The molecular formula is C15H18N4O3S. The van der Waals surface area contributed by atoms with Gasteiger partial charge in [0.25, 0.3) is 0 Å². The molecule has 0 radical (unpaired) electrons. The zero-order valence-electron chi connectivity index (χ0n) is 12.6. The second-order valence-electron chi connectivity index (χ2n) is 6.38. The van der Waals surface area contributed by atoms with Crippen molar-refractivity contribution in [2.24, 2.45) is 5.14 Å². The van der Waals surface area contributed by atoms with Crippen molar-refractivity contribution in [2.75, 3.05) is 0 Å². The van der Waals surface area contributed by atoms with Crippen LogP contribution in [0.2, 0.25) is 0 Å². The molecule has 8 heteroatoms. The molecule has 23 heavy (non-hydrogen) atoms. The number of pyridine rings is 1. The van der Waals surface area contributed by atoms with Crippen molar-refractivity contribution < 1.29 is 12.9 Å². The molecule has 2 aliphatic carbocycles. The number of aromatic nitrogens is 3. The molecule has 2 unspecified atom stereocenters. The Morgan fingerprint density at radius 3 is 2.61 bits per heavy atom. The van der Waals surface area contributed by atoms with E-state index in [0.29, 0.717) is 11.8 Å². The van der Waals surface area contributed by atoms with Crippen LogP contribution in [0.5, 0.6) is 0 Å². The van der Waals surface area contributed by atoms with Crippen molar-refractivity contribution in [3.8, 4) is 0 Å². The van der Waals surface area contributed by atoms with Crippen molar-refractivity contribution in [2.45, 2.75) is 54.8 Å². The van der Waals surface area contributed by atoms with Gasteiger partial charge in [-0.05, 0) is 31.4 Å². The van der Waals surface area contributed by atoms with E-state index in [1.807, 2.05) is 0 Å².